The molecule has 0 unspecified atom stereocenters. The fourth-order valence-electron chi connectivity index (χ4n) is 1.87. The second-order valence-electron chi connectivity index (χ2n) is 4.72. The number of thioether (sulfide) groups is 1. The monoisotopic (exact) mass is 252 g/mol. The summed E-state index contributed by atoms with van der Waals surface area (Å²) in [4.78, 5) is 8.77. The highest BCUT2D eigenvalue weighted by atomic mass is 32.2. The molecular formula is C12H20N4S. The van der Waals surface area contributed by atoms with E-state index in [0.29, 0.717) is 17.8 Å². The average Bonchev–Trinajstić information content (AvgIpc) is 2.29. The Morgan fingerprint density at radius 2 is 2.06 bits per heavy atom. The molecule has 4 nitrogen and oxygen atoms in total. The molecule has 2 heterocycles. The molecule has 1 aliphatic heterocycles. The van der Waals surface area contributed by atoms with E-state index in [1.807, 2.05) is 17.8 Å². The minimum absolute atomic E-state index is 0.306. The van der Waals surface area contributed by atoms with Crippen LogP contribution in [0.2, 0.25) is 0 Å². The van der Waals surface area contributed by atoms with E-state index in [-0.39, 0.29) is 0 Å². The Bertz CT molecular complexity index is 375. The van der Waals surface area contributed by atoms with E-state index < -0.39 is 0 Å². The molecule has 0 amide bonds. The summed E-state index contributed by atoms with van der Waals surface area (Å²) >= 11 is 2.02. The third-order valence-electron chi connectivity index (χ3n) is 2.85. The van der Waals surface area contributed by atoms with Crippen molar-refractivity contribution in [2.75, 3.05) is 22.6 Å². The van der Waals surface area contributed by atoms with E-state index in [0.717, 1.165) is 11.6 Å². The lowest BCUT2D eigenvalue weighted by atomic mass is 10.1. The summed E-state index contributed by atoms with van der Waals surface area (Å²) in [6.45, 7) is 4.16. The summed E-state index contributed by atoms with van der Waals surface area (Å²) in [6, 6.07) is 2.36. The van der Waals surface area contributed by atoms with Crippen LogP contribution in [-0.2, 0) is 0 Å². The van der Waals surface area contributed by atoms with E-state index in [4.69, 9.17) is 5.73 Å². The standard InChI is InChI=1S/C12H20N4S/c1-8(2)12-15-10(13)7-11(16-12)14-9-3-5-17-6-4-9/h7-9H,3-6H2,1-2H3,(H3,13,14,15,16). The third-order valence-corrected chi connectivity index (χ3v) is 3.90. The highest BCUT2D eigenvalue weighted by molar-refractivity contribution is 7.99. The number of aromatic nitrogens is 2. The van der Waals surface area contributed by atoms with Crippen molar-refractivity contribution in [2.24, 2.45) is 0 Å². The average molecular weight is 252 g/mol. The van der Waals surface area contributed by atoms with Gasteiger partial charge in [-0.25, -0.2) is 9.97 Å². The first-order chi connectivity index (χ1) is 8.15. The summed E-state index contributed by atoms with van der Waals surface area (Å²) in [6.07, 6.45) is 2.40. The normalized spacial score (nSPS) is 17.4. The topological polar surface area (TPSA) is 63.8 Å². The summed E-state index contributed by atoms with van der Waals surface area (Å²) in [7, 11) is 0. The second kappa shape index (κ2) is 5.58. The number of anilines is 2. The van der Waals surface area contributed by atoms with Gasteiger partial charge in [-0.2, -0.15) is 11.8 Å². The van der Waals surface area contributed by atoms with Gasteiger partial charge in [0.25, 0.3) is 0 Å². The van der Waals surface area contributed by atoms with Crippen molar-refractivity contribution >= 4 is 23.4 Å². The molecule has 3 N–H and O–H groups in total. The van der Waals surface area contributed by atoms with Gasteiger partial charge in [0.1, 0.15) is 17.5 Å². The molecule has 0 bridgehead atoms. The van der Waals surface area contributed by atoms with Gasteiger partial charge in [-0.3, -0.25) is 0 Å². The quantitative estimate of drug-likeness (QED) is 0.865. The molecular weight excluding hydrogens is 232 g/mol. The molecule has 1 aromatic rings. The molecule has 0 atom stereocenters. The highest BCUT2D eigenvalue weighted by Crippen LogP contribution is 2.21. The smallest absolute Gasteiger partial charge is 0.135 e. The lowest BCUT2D eigenvalue weighted by molar-refractivity contribution is 0.660. The van der Waals surface area contributed by atoms with Gasteiger partial charge in [-0.15, -0.1) is 0 Å². The van der Waals surface area contributed by atoms with E-state index in [1.165, 1.54) is 24.3 Å². The first kappa shape index (κ1) is 12.5. The van der Waals surface area contributed by atoms with Crippen molar-refractivity contribution in [3.63, 3.8) is 0 Å². The minimum Gasteiger partial charge on any atom is -0.384 e. The van der Waals surface area contributed by atoms with Crippen LogP contribution in [0, 0.1) is 0 Å². The third kappa shape index (κ3) is 3.49. The summed E-state index contributed by atoms with van der Waals surface area (Å²) < 4.78 is 0. The number of nitrogens with one attached hydrogen (secondary N) is 1. The molecule has 1 aromatic heterocycles. The number of nitrogen functional groups attached to an aromatic ring is 1. The zero-order chi connectivity index (χ0) is 12.3. The first-order valence-corrected chi connectivity index (χ1v) is 7.29. The van der Waals surface area contributed by atoms with E-state index in [1.54, 1.807) is 0 Å². The van der Waals surface area contributed by atoms with Crippen LogP contribution >= 0.6 is 11.8 Å². The first-order valence-electron chi connectivity index (χ1n) is 6.14. The van der Waals surface area contributed by atoms with Crippen molar-refractivity contribution in [3.8, 4) is 0 Å². The van der Waals surface area contributed by atoms with Gasteiger partial charge >= 0.3 is 0 Å². The Labute approximate surface area is 107 Å². The maximum atomic E-state index is 5.81. The molecule has 2 rings (SSSR count). The second-order valence-corrected chi connectivity index (χ2v) is 5.95. The number of nitrogens with two attached hydrogens (primary N) is 1. The van der Waals surface area contributed by atoms with Gasteiger partial charge in [-0.05, 0) is 24.3 Å². The largest absolute Gasteiger partial charge is 0.384 e. The Kier molecular flexibility index (Phi) is 4.10. The van der Waals surface area contributed by atoms with Crippen molar-refractivity contribution in [1.29, 1.82) is 0 Å². The van der Waals surface area contributed by atoms with Crippen LogP contribution in [0.25, 0.3) is 0 Å². The zero-order valence-electron chi connectivity index (χ0n) is 10.4. The Hall–Kier alpha value is -0.970. The maximum Gasteiger partial charge on any atom is 0.135 e. The van der Waals surface area contributed by atoms with Crippen molar-refractivity contribution in [2.45, 2.75) is 38.6 Å². The predicted molar refractivity (Wildman–Crippen MR) is 74.5 cm³/mol. The molecule has 5 heteroatoms. The van der Waals surface area contributed by atoms with Gasteiger partial charge in [0.2, 0.25) is 0 Å². The fraction of sp³-hybridized carbons (Fsp3) is 0.667. The summed E-state index contributed by atoms with van der Waals surface area (Å²) in [5, 5.41) is 3.47. The van der Waals surface area contributed by atoms with Gasteiger partial charge in [0, 0.05) is 18.0 Å². The molecule has 0 aromatic carbocycles. The van der Waals surface area contributed by atoms with Crippen molar-refractivity contribution in [1.82, 2.24) is 9.97 Å². The van der Waals surface area contributed by atoms with E-state index in [2.05, 4.69) is 29.1 Å². The molecule has 1 aliphatic rings. The molecule has 1 fully saturated rings. The molecule has 94 valence electrons. The van der Waals surface area contributed by atoms with Gasteiger partial charge in [0.05, 0.1) is 0 Å². The van der Waals surface area contributed by atoms with Gasteiger partial charge in [0.15, 0.2) is 0 Å². The van der Waals surface area contributed by atoms with Crippen LogP contribution < -0.4 is 11.1 Å². The van der Waals surface area contributed by atoms with Crippen molar-refractivity contribution in [3.05, 3.63) is 11.9 Å². The molecule has 1 saturated heterocycles. The molecule has 17 heavy (non-hydrogen) atoms. The fourth-order valence-corrected chi connectivity index (χ4v) is 2.98. The summed E-state index contributed by atoms with van der Waals surface area (Å²) in [5.74, 6) is 5.01. The van der Waals surface area contributed by atoms with Crippen LogP contribution in [0.15, 0.2) is 6.07 Å². The van der Waals surface area contributed by atoms with Gasteiger partial charge < -0.3 is 11.1 Å². The van der Waals surface area contributed by atoms with E-state index in [9.17, 15) is 0 Å². The lowest BCUT2D eigenvalue weighted by Crippen LogP contribution is -2.25. The number of nitrogens with zero attached hydrogens (tertiary/aromatic N) is 2. The molecule has 0 radical (unpaired) electrons. The minimum atomic E-state index is 0.306. The Balaban J connectivity index is 2.09. The van der Waals surface area contributed by atoms with Crippen LogP contribution in [-0.4, -0.2) is 27.5 Å². The van der Waals surface area contributed by atoms with Crippen LogP contribution in [0.1, 0.15) is 38.4 Å². The van der Waals surface area contributed by atoms with Crippen LogP contribution in [0.4, 0.5) is 11.6 Å². The zero-order valence-corrected chi connectivity index (χ0v) is 11.3. The molecule has 0 saturated carbocycles. The van der Waals surface area contributed by atoms with Gasteiger partial charge in [-0.1, -0.05) is 13.8 Å². The maximum absolute atomic E-state index is 5.81. The van der Waals surface area contributed by atoms with Crippen molar-refractivity contribution < 1.29 is 0 Å². The summed E-state index contributed by atoms with van der Waals surface area (Å²) in [5.41, 5.74) is 5.81. The van der Waals surface area contributed by atoms with Crippen LogP contribution in [0.5, 0.6) is 0 Å². The Morgan fingerprint density at radius 3 is 2.71 bits per heavy atom. The lowest BCUT2D eigenvalue weighted by Gasteiger charge is -2.23. The number of rotatable bonds is 3. The van der Waals surface area contributed by atoms with Crippen LogP contribution in [0.3, 0.4) is 0 Å². The number of hydrogen-bond donors (Lipinski definition) is 2. The van der Waals surface area contributed by atoms with E-state index >= 15 is 0 Å². The number of hydrogen-bond acceptors (Lipinski definition) is 5. The highest BCUT2D eigenvalue weighted by Gasteiger charge is 2.15. The Morgan fingerprint density at radius 1 is 1.35 bits per heavy atom. The molecule has 0 spiro atoms. The SMILES string of the molecule is CC(C)c1nc(N)cc(NC2CCSCC2)n1. The molecule has 0 aliphatic carbocycles. The predicted octanol–water partition coefficient (Wildman–Crippen LogP) is 2.49.